The molecule has 1 aliphatic heterocycles. The second-order valence-corrected chi connectivity index (χ2v) is 35.6. The number of aryl methyl sites for hydroxylation is 1. The summed E-state index contributed by atoms with van der Waals surface area (Å²) in [5.74, 6) is -15.8. The number of aromatic nitrogens is 3. The van der Waals surface area contributed by atoms with Crippen molar-refractivity contribution in [2.75, 3.05) is 50.3 Å². The summed E-state index contributed by atoms with van der Waals surface area (Å²) in [7, 11) is 0. The smallest absolute Gasteiger partial charge is 0.245 e. The molecule has 0 fully saturated rings. The molecule has 2 bridgehead atoms. The van der Waals surface area contributed by atoms with E-state index in [1.165, 1.54) is 61.2 Å². The van der Waals surface area contributed by atoms with Crippen LogP contribution in [0, 0.1) is 11.8 Å². The van der Waals surface area contributed by atoms with Crippen molar-refractivity contribution in [1.29, 1.82) is 0 Å². The van der Waals surface area contributed by atoms with Crippen molar-refractivity contribution in [1.82, 2.24) is 100 Å². The fourth-order valence-corrected chi connectivity index (χ4v) is 14.9. The summed E-state index contributed by atoms with van der Waals surface area (Å²) in [6.45, 7) is 11.8. The molecule has 0 aliphatic carbocycles. The summed E-state index contributed by atoms with van der Waals surface area (Å²) >= 11 is 9.06. The standard InChI is InChI=1S/C85H135ClN22O21S2/c1-45(2)37-61(80(124)103-66(44-109)71(89)115)99-82(126)65-41-54-43-108(107-106-54)34-22-19-29-56(74(118)91-47(5)72(116)98-63(39-52-23-13-12-14-24-52)81(125)96-58(76(120)100-65)28-18-21-33-88)94-75(119)57(27-17-20-32-87)95-79(123)62(38-46(3)4)101-83(127)69(49(7)111)104-78(122)60(31-36-131-11)97-77(121)59(30-35-130-10)93-67(114)42-90-73(117)64(40-53-25-15-16-26-55(53)86)102-84(128)70(50(8)112)105-85(129)68(48(6)110)92-51(9)113/h12-16,23-26,43,45-50,56-66,68-70,109-112H,17-22,27-42,44,87-88H2,1-11H3,(H2,89,115)(H,90,117)(H,91,118)(H,92,113)(H,93,114)(H,94,119)(H,95,123)(H,96,125)(H,97,121)(H,98,116)(H,99,126)(H,100,120)(H,101,127)(H,102,128)(H,103,124)(H,104,122)(H,105,129)/t47-,48+,49+,50+,56-,57-,58-,59-,60-,61-,62-,63-,64?,65+,66-,68-,69-,70-/m0/s1. The Kier molecular flexibility index (Phi) is 50.7. The lowest BCUT2D eigenvalue weighted by Gasteiger charge is -2.29. The average molecular weight is 1900 g/mol. The topological polar surface area (TPSA) is 672 Å². The van der Waals surface area contributed by atoms with Gasteiger partial charge in [-0.25, -0.2) is 0 Å². The molecule has 2 aromatic carbocycles. The van der Waals surface area contributed by atoms with Gasteiger partial charge in [0.25, 0.3) is 0 Å². The summed E-state index contributed by atoms with van der Waals surface area (Å²) in [6, 6.07) is -7.66. The molecule has 18 atom stereocenters. The van der Waals surface area contributed by atoms with Crippen LogP contribution in [0.3, 0.4) is 0 Å². The molecular weight excluding hydrogens is 1760 g/mol. The number of nitrogens with zero attached hydrogens (tertiary/aromatic N) is 3. The quantitative estimate of drug-likeness (QED) is 0.0236. The van der Waals surface area contributed by atoms with Crippen molar-refractivity contribution in [2.24, 2.45) is 29.0 Å². The van der Waals surface area contributed by atoms with Crippen molar-refractivity contribution in [2.45, 2.75) is 281 Å². The number of benzene rings is 2. The van der Waals surface area contributed by atoms with E-state index in [2.05, 4.69) is 95.4 Å². The van der Waals surface area contributed by atoms with Crippen LogP contribution < -0.4 is 102 Å². The monoisotopic (exact) mass is 1900 g/mol. The van der Waals surface area contributed by atoms with Gasteiger partial charge in [0.05, 0.1) is 37.2 Å². The zero-order valence-corrected chi connectivity index (χ0v) is 78.5. The molecule has 730 valence electrons. The van der Waals surface area contributed by atoms with Crippen molar-refractivity contribution >= 4 is 136 Å². The molecule has 1 aliphatic rings. The second kappa shape index (κ2) is 59.0. The molecule has 26 N–H and O–H groups in total. The number of hydrogen-bond acceptors (Lipinski definition) is 27. The van der Waals surface area contributed by atoms with Crippen LogP contribution in [0.2, 0.25) is 5.02 Å². The van der Waals surface area contributed by atoms with Gasteiger partial charge in [-0.3, -0.25) is 86.2 Å². The summed E-state index contributed by atoms with van der Waals surface area (Å²) in [6.07, 6.45) is 0.716. The minimum Gasteiger partial charge on any atom is -0.394 e. The molecule has 46 heteroatoms. The molecule has 0 saturated heterocycles. The van der Waals surface area contributed by atoms with Crippen LogP contribution in [0.15, 0.2) is 60.8 Å². The van der Waals surface area contributed by atoms with E-state index >= 15 is 0 Å². The molecule has 0 spiro atoms. The van der Waals surface area contributed by atoms with E-state index < -0.39 is 223 Å². The number of carbonyl (C=O) groups is 17. The first kappa shape index (κ1) is 113. The van der Waals surface area contributed by atoms with E-state index in [-0.39, 0.29) is 144 Å². The van der Waals surface area contributed by atoms with Gasteiger partial charge in [-0.05, 0) is 177 Å². The molecule has 4 rings (SSSR count). The largest absolute Gasteiger partial charge is 0.394 e. The fraction of sp³-hybridized carbons (Fsp3) is 0.635. The van der Waals surface area contributed by atoms with Crippen LogP contribution in [0.5, 0.6) is 0 Å². The fourth-order valence-electron chi connectivity index (χ4n) is 13.7. The number of amides is 17. The molecule has 1 unspecified atom stereocenters. The van der Waals surface area contributed by atoms with Gasteiger partial charge in [0.1, 0.15) is 90.6 Å². The highest BCUT2D eigenvalue weighted by atomic mass is 35.5. The Morgan fingerprint density at radius 2 is 1.04 bits per heavy atom. The maximum absolute atomic E-state index is 15.0. The number of halogens is 1. The van der Waals surface area contributed by atoms with E-state index in [1.54, 1.807) is 88.7 Å². The molecule has 2 heterocycles. The Hall–Kier alpha value is -10.7. The molecule has 43 nitrogen and oxygen atoms in total. The summed E-state index contributed by atoms with van der Waals surface area (Å²) in [5.41, 5.74) is 18.3. The van der Waals surface area contributed by atoms with Crippen LogP contribution in [0.25, 0.3) is 0 Å². The third kappa shape index (κ3) is 40.5. The number of primary amides is 1. The summed E-state index contributed by atoms with van der Waals surface area (Å²) in [4.78, 5) is 239. The lowest BCUT2D eigenvalue weighted by atomic mass is 10.0. The minimum absolute atomic E-state index is 0.0168. The van der Waals surface area contributed by atoms with E-state index in [4.69, 9.17) is 28.8 Å². The number of fused-ring (bicyclic) bond motifs is 2. The highest BCUT2D eigenvalue weighted by Crippen LogP contribution is 2.20. The van der Waals surface area contributed by atoms with Crippen LogP contribution >= 0.6 is 35.1 Å². The molecule has 3 aromatic rings. The number of nitrogens with one attached hydrogen (secondary N) is 16. The molecular formula is C85H135ClN22O21S2. The molecule has 0 radical (unpaired) electrons. The first-order valence-corrected chi connectivity index (χ1v) is 47.0. The van der Waals surface area contributed by atoms with Crippen molar-refractivity contribution < 1.29 is 102 Å². The third-order valence-corrected chi connectivity index (χ3v) is 22.6. The van der Waals surface area contributed by atoms with Gasteiger partial charge < -0.3 is 123 Å². The van der Waals surface area contributed by atoms with Gasteiger partial charge in [0.15, 0.2) is 0 Å². The first-order chi connectivity index (χ1) is 62.0. The Morgan fingerprint density at radius 1 is 0.542 bits per heavy atom. The second-order valence-electron chi connectivity index (χ2n) is 33.2. The van der Waals surface area contributed by atoms with E-state index in [0.29, 0.717) is 24.0 Å². The van der Waals surface area contributed by atoms with Gasteiger partial charge in [0, 0.05) is 44.0 Å². The van der Waals surface area contributed by atoms with Crippen LogP contribution in [-0.2, 0) is 107 Å². The predicted molar refractivity (Wildman–Crippen MR) is 488 cm³/mol. The number of unbranched alkanes of at least 4 members (excludes halogenated alkanes) is 2. The SMILES string of the molecule is CSCC[C@H](NC(=O)CNC(=O)C(Cc1ccccc1Cl)NC(=O)[C@@H](NC(=O)[C@@H](NC(C)=O)[C@@H](C)O)[C@@H](C)O)C(=O)N[C@@H](CCSC)C(=O)N[C@H](C(=O)N[C@@H](CC(C)C)C(=O)N[C@@H](CCCCN)C(=O)N[C@H]1CCCCn2cc(nn2)C[C@H](C(=O)N[C@@H](CC(C)C)C(=O)N[C@@H](CO)C(N)=O)NC(=O)[C@H](CCCCN)NC(=O)[C@H](Cc2ccccc2)NC(=O)[C@H](C)NC1=O)[C@@H](C)O. The van der Waals surface area contributed by atoms with Crippen LogP contribution in [-0.4, -0.2) is 295 Å². The van der Waals surface area contributed by atoms with Gasteiger partial charge in [-0.1, -0.05) is 93.0 Å². The Bertz CT molecular complexity index is 4270. The number of hydrogen-bond donors (Lipinski definition) is 23. The molecule has 17 amide bonds. The highest BCUT2D eigenvalue weighted by molar-refractivity contribution is 7.98. The molecule has 131 heavy (non-hydrogen) atoms. The maximum atomic E-state index is 15.0. The maximum Gasteiger partial charge on any atom is 0.245 e. The van der Waals surface area contributed by atoms with Gasteiger partial charge in [0.2, 0.25) is 100 Å². The summed E-state index contributed by atoms with van der Waals surface area (Å²) < 4.78 is 1.42. The normalized spacial score (nSPS) is 18.9. The first-order valence-electron chi connectivity index (χ1n) is 43.8. The zero-order chi connectivity index (χ0) is 97.7. The Labute approximate surface area is 776 Å². The van der Waals surface area contributed by atoms with Crippen molar-refractivity contribution in [3.05, 3.63) is 82.6 Å². The third-order valence-electron chi connectivity index (χ3n) is 20.9. The zero-order valence-electron chi connectivity index (χ0n) is 76.1. The van der Waals surface area contributed by atoms with Crippen molar-refractivity contribution in [3.63, 3.8) is 0 Å². The number of thioether (sulfide) groups is 2. The minimum atomic E-state index is -1.82. The Morgan fingerprint density at radius 3 is 1.60 bits per heavy atom. The van der Waals surface area contributed by atoms with E-state index in [0.717, 1.165) is 13.8 Å². The lowest BCUT2D eigenvalue weighted by Crippen LogP contribution is -2.62. The number of aliphatic hydroxyl groups excluding tert-OH is 4. The van der Waals surface area contributed by atoms with Gasteiger partial charge in [-0.2, -0.15) is 23.5 Å². The average Bonchev–Trinajstić information content (AvgIpc) is 1.45. The van der Waals surface area contributed by atoms with Crippen molar-refractivity contribution in [3.8, 4) is 0 Å². The number of aliphatic hydroxyl groups is 4. The molecule has 0 saturated carbocycles. The summed E-state index contributed by atoms with van der Waals surface area (Å²) in [5, 5.41) is 91.8. The van der Waals surface area contributed by atoms with E-state index in [9.17, 15) is 102 Å². The lowest BCUT2D eigenvalue weighted by molar-refractivity contribution is -0.137. The number of nitrogens with two attached hydrogens (primary N) is 3. The molecule has 1 aromatic heterocycles. The van der Waals surface area contributed by atoms with Crippen LogP contribution in [0.4, 0.5) is 0 Å². The number of rotatable bonds is 50. The highest BCUT2D eigenvalue weighted by Gasteiger charge is 2.40. The van der Waals surface area contributed by atoms with E-state index in [1.807, 2.05) is 0 Å². The van der Waals surface area contributed by atoms with Crippen LogP contribution in [0.1, 0.15) is 163 Å². The number of carbonyl (C=O) groups excluding carboxylic acids is 17. The predicted octanol–water partition coefficient (Wildman–Crippen LogP) is -4.95. The Balaban J connectivity index is 1.64. The van der Waals surface area contributed by atoms with Gasteiger partial charge >= 0.3 is 0 Å². The van der Waals surface area contributed by atoms with Gasteiger partial charge in [-0.15, -0.1) is 5.10 Å².